The lowest BCUT2D eigenvalue weighted by Crippen LogP contribution is -2.30. The van der Waals surface area contributed by atoms with Gasteiger partial charge < -0.3 is 20.1 Å². The summed E-state index contributed by atoms with van der Waals surface area (Å²) in [6.45, 7) is 4.31. The summed E-state index contributed by atoms with van der Waals surface area (Å²) >= 11 is 0. The van der Waals surface area contributed by atoms with E-state index in [1.54, 1.807) is 13.1 Å². The van der Waals surface area contributed by atoms with Crippen LogP contribution in [0.4, 0.5) is 19.0 Å². The summed E-state index contributed by atoms with van der Waals surface area (Å²) < 4.78 is 41.9. The van der Waals surface area contributed by atoms with E-state index in [1.807, 2.05) is 13.8 Å². The maximum Gasteiger partial charge on any atom is 0.573 e. The van der Waals surface area contributed by atoms with Crippen LogP contribution in [-0.2, 0) is 17.6 Å². The minimum absolute atomic E-state index is 0.0775. The first-order valence-corrected chi connectivity index (χ1v) is 11.0. The van der Waals surface area contributed by atoms with E-state index < -0.39 is 6.36 Å². The molecule has 0 radical (unpaired) electrons. The van der Waals surface area contributed by atoms with Gasteiger partial charge in [-0.15, -0.1) is 13.2 Å². The molecule has 0 fully saturated rings. The number of hydrogen-bond donors (Lipinski definition) is 2. The van der Waals surface area contributed by atoms with Crippen molar-refractivity contribution in [2.45, 2.75) is 45.9 Å². The zero-order valence-corrected chi connectivity index (χ0v) is 19.5. The Hall–Kier alpha value is -3.14. The highest BCUT2D eigenvalue weighted by Crippen LogP contribution is 2.29. The van der Waals surface area contributed by atoms with Crippen molar-refractivity contribution in [1.29, 1.82) is 0 Å². The number of carbonyl (C=O) groups excluding carboxylic acids is 2. The number of aliphatic hydroxyl groups excluding tert-OH is 1. The van der Waals surface area contributed by atoms with E-state index in [2.05, 4.69) is 15.0 Å². The Morgan fingerprint density at radius 3 is 2.68 bits per heavy atom. The highest BCUT2D eigenvalue weighted by molar-refractivity contribution is 6.01. The number of hydrogen-bond acceptors (Lipinski definition) is 5. The lowest BCUT2D eigenvalue weighted by atomic mass is 9.91. The van der Waals surface area contributed by atoms with Crippen LogP contribution >= 0.6 is 0 Å². The topological polar surface area (TPSA) is 91.8 Å². The molecule has 2 aromatic rings. The third kappa shape index (κ3) is 8.02. The molecule has 34 heavy (non-hydrogen) atoms. The fourth-order valence-electron chi connectivity index (χ4n) is 3.53. The van der Waals surface area contributed by atoms with E-state index in [1.165, 1.54) is 29.3 Å². The van der Waals surface area contributed by atoms with E-state index in [4.69, 9.17) is 5.11 Å². The molecule has 7 nitrogen and oxygen atoms in total. The van der Waals surface area contributed by atoms with Crippen molar-refractivity contribution in [3.63, 3.8) is 0 Å². The molecule has 1 aromatic carbocycles. The van der Waals surface area contributed by atoms with Crippen molar-refractivity contribution in [3.05, 3.63) is 52.7 Å². The van der Waals surface area contributed by atoms with Gasteiger partial charge in [-0.25, -0.2) is 4.98 Å². The summed E-state index contributed by atoms with van der Waals surface area (Å²) in [6, 6.07) is 5.65. The Balaban J connectivity index is 2.53. The quantitative estimate of drug-likeness (QED) is 0.444. The van der Waals surface area contributed by atoms with E-state index in [-0.39, 0.29) is 36.1 Å². The normalized spacial score (nSPS) is 11.4. The maximum atomic E-state index is 13.3. The van der Waals surface area contributed by atoms with E-state index in [0.717, 1.165) is 6.42 Å². The van der Waals surface area contributed by atoms with Gasteiger partial charge in [-0.3, -0.25) is 9.59 Å². The molecule has 0 bridgehead atoms. The van der Waals surface area contributed by atoms with Gasteiger partial charge in [-0.1, -0.05) is 26.0 Å². The molecule has 0 aliphatic rings. The third-order valence-corrected chi connectivity index (χ3v) is 5.18. The number of halogens is 3. The first-order valence-electron chi connectivity index (χ1n) is 11.0. The fraction of sp³-hybridized carbons (Fsp3) is 0.458. The molecule has 0 saturated heterocycles. The van der Waals surface area contributed by atoms with Crippen LogP contribution < -0.4 is 10.1 Å². The van der Waals surface area contributed by atoms with E-state index >= 15 is 0 Å². The third-order valence-electron chi connectivity index (χ3n) is 5.18. The molecule has 10 heteroatoms. The van der Waals surface area contributed by atoms with Crippen molar-refractivity contribution in [2.75, 3.05) is 25.5 Å². The molecule has 0 spiro atoms. The summed E-state index contributed by atoms with van der Waals surface area (Å²) in [5.74, 6) is -0.254. The van der Waals surface area contributed by atoms with Gasteiger partial charge in [0.05, 0.1) is 5.56 Å². The van der Waals surface area contributed by atoms with Crippen LogP contribution in [0.15, 0.2) is 30.5 Å². The van der Waals surface area contributed by atoms with Gasteiger partial charge in [-0.05, 0) is 60.4 Å². The van der Waals surface area contributed by atoms with Crippen molar-refractivity contribution < 1.29 is 32.6 Å². The second kappa shape index (κ2) is 12.4. The monoisotopic (exact) mass is 481 g/mol. The van der Waals surface area contributed by atoms with Crippen LogP contribution in [-0.4, -0.2) is 53.9 Å². The van der Waals surface area contributed by atoms with Gasteiger partial charge in [-0.2, -0.15) is 0 Å². The maximum absolute atomic E-state index is 13.3. The Bertz CT molecular complexity index is 980. The van der Waals surface area contributed by atoms with Crippen LogP contribution in [0.2, 0.25) is 0 Å². The lowest BCUT2D eigenvalue weighted by molar-refractivity contribution is -0.274. The number of aromatic nitrogens is 1. The molecule has 1 heterocycles. The molecule has 0 unspecified atom stereocenters. The van der Waals surface area contributed by atoms with E-state index in [0.29, 0.717) is 48.4 Å². The van der Waals surface area contributed by atoms with Gasteiger partial charge in [0.2, 0.25) is 6.41 Å². The Labute approximate surface area is 196 Å². The van der Waals surface area contributed by atoms with Crippen LogP contribution in [0.25, 0.3) is 0 Å². The first kappa shape index (κ1) is 27.1. The predicted molar refractivity (Wildman–Crippen MR) is 122 cm³/mol. The molecule has 1 aromatic heterocycles. The van der Waals surface area contributed by atoms with Crippen LogP contribution in [0.5, 0.6) is 5.75 Å². The Kier molecular flexibility index (Phi) is 9.85. The summed E-state index contributed by atoms with van der Waals surface area (Å²) in [7, 11) is 1.60. The number of pyridine rings is 1. The molecule has 2 amide bonds. The summed E-state index contributed by atoms with van der Waals surface area (Å²) in [5.41, 5.74) is 2.14. The zero-order valence-electron chi connectivity index (χ0n) is 19.5. The summed E-state index contributed by atoms with van der Waals surface area (Å²) in [5, 5.41) is 11.6. The smallest absolute Gasteiger partial charge is 0.406 e. The number of aliphatic hydroxyl groups is 1. The zero-order chi connectivity index (χ0) is 25.3. The molecule has 0 aliphatic carbocycles. The average molecular weight is 482 g/mol. The second-order valence-corrected chi connectivity index (χ2v) is 8.36. The van der Waals surface area contributed by atoms with Gasteiger partial charge in [0.15, 0.2) is 0 Å². The highest BCUT2D eigenvalue weighted by Gasteiger charge is 2.31. The number of ether oxygens (including phenoxy) is 1. The SMILES string of the molecule is CC(C)CCc1c(Cc2cccc(OC(F)(F)F)c2)cnc(NC=O)c1C(=O)N(C)CCCO. The van der Waals surface area contributed by atoms with Gasteiger partial charge in [0.1, 0.15) is 11.6 Å². The molecule has 0 atom stereocenters. The van der Waals surface area contributed by atoms with Crippen LogP contribution in [0, 0.1) is 5.92 Å². The van der Waals surface area contributed by atoms with Gasteiger partial charge in [0.25, 0.3) is 5.91 Å². The molecule has 186 valence electrons. The number of alkyl halides is 3. The molecule has 2 rings (SSSR count). The van der Waals surface area contributed by atoms with Crippen LogP contribution in [0.3, 0.4) is 0 Å². The average Bonchev–Trinajstić information content (AvgIpc) is 2.75. The number of amides is 2. The molecule has 0 saturated carbocycles. The largest absolute Gasteiger partial charge is 0.573 e. The molecule has 0 aliphatic heterocycles. The van der Waals surface area contributed by atoms with Crippen molar-refractivity contribution in [2.24, 2.45) is 5.92 Å². The minimum Gasteiger partial charge on any atom is -0.406 e. The van der Waals surface area contributed by atoms with Gasteiger partial charge in [0, 0.05) is 26.4 Å². The van der Waals surface area contributed by atoms with Crippen molar-refractivity contribution in [1.82, 2.24) is 9.88 Å². The predicted octanol–water partition coefficient (Wildman–Crippen LogP) is 4.18. The molecular weight excluding hydrogens is 451 g/mol. The van der Waals surface area contributed by atoms with E-state index in [9.17, 15) is 22.8 Å². The number of nitrogens with zero attached hydrogens (tertiary/aromatic N) is 2. The molecule has 2 N–H and O–H groups in total. The number of carbonyl (C=O) groups is 2. The summed E-state index contributed by atoms with van der Waals surface area (Å²) in [6.07, 6.45) is -0.966. The van der Waals surface area contributed by atoms with Crippen LogP contribution in [0.1, 0.15) is 53.7 Å². The molecular formula is C24H30F3N3O4. The number of benzene rings is 1. The Morgan fingerprint density at radius 2 is 2.06 bits per heavy atom. The van der Waals surface area contributed by atoms with Crippen molar-refractivity contribution in [3.8, 4) is 5.75 Å². The second-order valence-electron chi connectivity index (χ2n) is 8.36. The minimum atomic E-state index is -4.80. The highest BCUT2D eigenvalue weighted by atomic mass is 19.4. The number of rotatable bonds is 12. The fourth-order valence-corrected chi connectivity index (χ4v) is 3.53. The number of anilines is 1. The standard InChI is InChI=1S/C24H30F3N3O4/c1-16(2)8-9-20-18(12-17-6-4-7-19(13-17)34-24(25,26)27)14-28-22(29-15-32)21(20)23(33)30(3)10-5-11-31/h4,6-7,13-16,31H,5,8-12H2,1-3H3,(H,28,29,32). The van der Waals surface area contributed by atoms with Crippen molar-refractivity contribution >= 4 is 18.1 Å². The summed E-state index contributed by atoms with van der Waals surface area (Å²) in [4.78, 5) is 30.2. The van der Waals surface area contributed by atoms with Gasteiger partial charge >= 0.3 is 6.36 Å². The number of nitrogens with one attached hydrogen (secondary N) is 1. The first-order chi connectivity index (χ1) is 16.1. The lowest BCUT2D eigenvalue weighted by Gasteiger charge is -2.23. The Morgan fingerprint density at radius 1 is 1.32 bits per heavy atom.